The fraction of sp³-hybridized carbons (Fsp3) is 0.439. The number of aromatic nitrogens is 2. The van der Waals surface area contributed by atoms with E-state index in [0.29, 0.717) is 17.7 Å². The lowest BCUT2D eigenvalue weighted by Gasteiger charge is -2.37. The summed E-state index contributed by atoms with van der Waals surface area (Å²) < 4.78 is 4.25. The lowest BCUT2D eigenvalue weighted by atomic mass is 9.76. The molecule has 5 nitrogen and oxygen atoms in total. The van der Waals surface area contributed by atoms with E-state index < -0.39 is 0 Å². The van der Waals surface area contributed by atoms with Crippen LogP contribution in [0.4, 0.5) is 0 Å². The molecule has 2 aromatic heterocycles. The van der Waals surface area contributed by atoms with E-state index in [9.17, 15) is 9.59 Å². The number of pyridine rings is 1. The van der Waals surface area contributed by atoms with Crippen LogP contribution >= 0.6 is 31.9 Å². The van der Waals surface area contributed by atoms with Gasteiger partial charge in [0.2, 0.25) is 5.91 Å². The van der Waals surface area contributed by atoms with Gasteiger partial charge in [0.05, 0.1) is 11.4 Å². The number of Topliss-reactive ketones (excluding diaryl/α,β-unsaturated/α-hetero) is 1. The van der Waals surface area contributed by atoms with Crippen molar-refractivity contribution in [3.8, 4) is 0 Å². The van der Waals surface area contributed by atoms with Gasteiger partial charge in [0.1, 0.15) is 0 Å². The number of halogens is 2. The van der Waals surface area contributed by atoms with E-state index in [2.05, 4.69) is 74.0 Å². The fourth-order valence-corrected chi connectivity index (χ4v) is 9.36. The summed E-state index contributed by atoms with van der Waals surface area (Å²) in [6, 6.07) is 20.8. The maximum atomic E-state index is 13.0. The smallest absolute Gasteiger partial charge is 0.222 e. The lowest BCUT2D eigenvalue weighted by molar-refractivity contribution is -0.133. The second-order valence-corrected chi connectivity index (χ2v) is 15.8. The number of benzene rings is 2. The Morgan fingerprint density at radius 1 is 0.875 bits per heavy atom. The Morgan fingerprint density at radius 2 is 1.60 bits per heavy atom. The number of likely N-dealkylation sites (tertiary alicyclic amines) is 1. The van der Waals surface area contributed by atoms with Gasteiger partial charge in [-0.3, -0.25) is 14.6 Å². The minimum atomic E-state index is 0.107. The van der Waals surface area contributed by atoms with Crippen LogP contribution in [-0.2, 0) is 24.2 Å². The molecule has 2 aromatic carbocycles. The predicted octanol–water partition coefficient (Wildman–Crippen LogP) is 10.1. The monoisotopic (exact) mass is 771 g/mol. The quantitative estimate of drug-likeness (QED) is 0.184. The Balaban J connectivity index is 0.000000223. The van der Waals surface area contributed by atoms with Crippen LogP contribution in [-0.4, -0.2) is 39.2 Å². The van der Waals surface area contributed by atoms with Crippen molar-refractivity contribution in [1.82, 2.24) is 14.5 Å². The molecule has 3 aliphatic rings. The molecule has 252 valence electrons. The van der Waals surface area contributed by atoms with Gasteiger partial charge >= 0.3 is 0 Å². The number of nitrogens with zero attached hydrogens (tertiary/aromatic N) is 3. The van der Waals surface area contributed by atoms with Crippen LogP contribution in [0, 0.1) is 18.8 Å². The molecular formula is C41H47Br2N3O2. The third kappa shape index (κ3) is 8.39. The van der Waals surface area contributed by atoms with E-state index in [-0.39, 0.29) is 11.7 Å². The molecule has 1 saturated carbocycles. The van der Waals surface area contributed by atoms with Crippen molar-refractivity contribution in [2.45, 2.75) is 90.5 Å². The van der Waals surface area contributed by atoms with Crippen LogP contribution in [0.3, 0.4) is 0 Å². The topological polar surface area (TPSA) is 55.2 Å². The standard InChI is InChI=1S/C28H34Br2N2O.C13H13NO/c1-18-13-21-7-8-22-16-23(29)17-31-28(22)27(26(21)24(30)14-18)20-9-11-32(12-10-20)25(33)15-19-5-3-2-4-6-19;1-11(15)13-8-5-9-14(13)10-12-6-3-2-4-7-12/h13-14,16-17,19-20,27H,2-12,15H2,1H3;2-9H,10H2,1H3/t27-;/m1./s1. The number of hydrogen-bond donors (Lipinski definition) is 0. The van der Waals surface area contributed by atoms with Gasteiger partial charge in [-0.25, -0.2) is 0 Å². The van der Waals surface area contributed by atoms with Crippen molar-refractivity contribution in [2.75, 3.05) is 13.1 Å². The molecule has 4 aromatic rings. The number of hydrogen-bond acceptors (Lipinski definition) is 3. The molecule has 1 saturated heterocycles. The summed E-state index contributed by atoms with van der Waals surface area (Å²) in [5.41, 5.74) is 8.77. The number of carbonyl (C=O) groups excluding carboxylic acids is 2. The molecule has 1 atom stereocenters. The average Bonchev–Trinajstić information content (AvgIpc) is 3.49. The fourth-order valence-electron chi connectivity index (χ4n) is 8.12. The van der Waals surface area contributed by atoms with Crippen molar-refractivity contribution in [3.05, 3.63) is 121 Å². The molecule has 48 heavy (non-hydrogen) atoms. The highest BCUT2D eigenvalue weighted by molar-refractivity contribution is 9.10. The Labute approximate surface area is 302 Å². The zero-order valence-corrected chi connectivity index (χ0v) is 31.4. The molecule has 0 unspecified atom stereocenters. The van der Waals surface area contributed by atoms with Crippen molar-refractivity contribution in [1.29, 1.82) is 0 Å². The summed E-state index contributed by atoms with van der Waals surface area (Å²) in [6.45, 7) is 6.30. The van der Waals surface area contributed by atoms with E-state index >= 15 is 0 Å². The first-order valence-corrected chi connectivity index (χ1v) is 19.3. The summed E-state index contributed by atoms with van der Waals surface area (Å²) in [4.78, 5) is 31.5. The van der Waals surface area contributed by atoms with E-state index in [4.69, 9.17) is 4.98 Å². The third-order valence-electron chi connectivity index (χ3n) is 10.5. The number of aryl methyl sites for hydroxylation is 3. The van der Waals surface area contributed by atoms with Gasteiger partial charge in [0.25, 0.3) is 0 Å². The third-order valence-corrected chi connectivity index (χ3v) is 11.6. The van der Waals surface area contributed by atoms with Gasteiger partial charge in [0, 0.05) is 60.2 Å². The molecule has 7 heteroatoms. The summed E-state index contributed by atoms with van der Waals surface area (Å²) in [5.74, 6) is 1.91. The minimum Gasteiger partial charge on any atom is -0.343 e. The summed E-state index contributed by atoms with van der Waals surface area (Å²) in [6.07, 6.45) is 15.3. The van der Waals surface area contributed by atoms with E-state index in [1.54, 1.807) is 6.92 Å². The van der Waals surface area contributed by atoms with Gasteiger partial charge in [-0.1, -0.05) is 71.6 Å². The van der Waals surface area contributed by atoms with Crippen LogP contribution in [0.2, 0.25) is 0 Å². The maximum Gasteiger partial charge on any atom is 0.222 e. The predicted molar refractivity (Wildman–Crippen MR) is 201 cm³/mol. The summed E-state index contributed by atoms with van der Waals surface area (Å²) >= 11 is 7.57. The van der Waals surface area contributed by atoms with Crippen LogP contribution in [0.1, 0.15) is 108 Å². The van der Waals surface area contributed by atoms with Gasteiger partial charge in [-0.2, -0.15) is 0 Å². The Kier molecular flexibility index (Phi) is 11.7. The number of carbonyl (C=O) groups is 2. The molecule has 0 N–H and O–H groups in total. The molecule has 0 radical (unpaired) electrons. The van der Waals surface area contributed by atoms with Crippen LogP contribution in [0.25, 0.3) is 0 Å². The van der Waals surface area contributed by atoms with Gasteiger partial charge < -0.3 is 9.47 Å². The first kappa shape index (κ1) is 34.8. The largest absolute Gasteiger partial charge is 0.343 e. The maximum absolute atomic E-state index is 13.0. The molecule has 2 aliphatic carbocycles. The van der Waals surface area contributed by atoms with Crippen molar-refractivity contribution >= 4 is 43.6 Å². The first-order valence-electron chi connectivity index (χ1n) is 17.7. The number of rotatable bonds is 6. The highest BCUT2D eigenvalue weighted by Crippen LogP contribution is 2.46. The zero-order valence-electron chi connectivity index (χ0n) is 28.3. The average molecular weight is 774 g/mol. The number of fused-ring (bicyclic) bond motifs is 2. The molecule has 0 bridgehead atoms. The molecule has 7 rings (SSSR count). The van der Waals surface area contributed by atoms with E-state index in [1.807, 2.05) is 47.3 Å². The SMILES string of the molecule is CC(=O)c1cccn1Cc1ccccc1.Cc1cc(Br)c2c(c1)CCc1cc(Br)cnc1[C@@H]2C1CCN(C(=O)CC2CCCCC2)CC1. The van der Waals surface area contributed by atoms with E-state index in [0.717, 1.165) is 61.9 Å². The molecule has 1 aliphatic heterocycles. The van der Waals surface area contributed by atoms with Gasteiger partial charge in [-0.05, 0) is 125 Å². The highest BCUT2D eigenvalue weighted by atomic mass is 79.9. The Hall–Kier alpha value is -3.03. The van der Waals surface area contributed by atoms with Crippen molar-refractivity contribution < 1.29 is 9.59 Å². The van der Waals surface area contributed by atoms with E-state index in [1.165, 1.54) is 70.1 Å². The van der Waals surface area contributed by atoms with Gasteiger partial charge in [-0.15, -0.1) is 0 Å². The second-order valence-electron chi connectivity index (χ2n) is 14.0. The Morgan fingerprint density at radius 3 is 2.33 bits per heavy atom. The molecular weight excluding hydrogens is 726 g/mol. The zero-order chi connectivity index (χ0) is 33.6. The normalized spacial score (nSPS) is 18.2. The summed E-state index contributed by atoms with van der Waals surface area (Å²) in [5, 5.41) is 0. The number of piperidine rings is 1. The molecule has 1 amide bonds. The van der Waals surface area contributed by atoms with Crippen molar-refractivity contribution in [3.63, 3.8) is 0 Å². The Bertz CT molecular complexity index is 1720. The molecule has 3 heterocycles. The summed E-state index contributed by atoms with van der Waals surface area (Å²) in [7, 11) is 0. The van der Waals surface area contributed by atoms with Crippen LogP contribution in [0.5, 0.6) is 0 Å². The van der Waals surface area contributed by atoms with Crippen molar-refractivity contribution in [2.24, 2.45) is 11.8 Å². The highest BCUT2D eigenvalue weighted by Gasteiger charge is 2.36. The molecule has 0 spiro atoms. The second kappa shape index (κ2) is 16.1. The van der Waals surface area contributed by atoms with Crippen LogP contribution < -0.4 is 0 Å². The number of ketones is 1. The minimum absolute atomic E-state index is 0.107. The van der Waals surface area contributed by atoms with Gasteiger partial charge in [0.15, 0.2) is 5.78 Å². The first-order chi connectivity index (χ1) is 23.3. The van der Waals surface area contributed by atoms with Crippen LogP contribution in [0.15, 0.2) is 82.0 Å². The number of amides is 1. The lowest BCUT2D eigenvalue weighted by Crippen LogP contribution is -2.41. The molecule has 2 fully saturated rings.